The minimum atomic E-state index is 1.03. The zero-order valence-electron chi connectivity index (χ0n) is 24.0. The van der Waals surface area contributed by atoms with E-state index >= 15 is 0 Å². The first-order valence-electron chi connectivity index (χ1n) is 14.8. The van der Waals surface area contributed by atoms with Crippen molar-refractivity contribution in [3.05, 3.63) is 163 Å². The molecule has 0 unspecified atom stereocenters. The van der Waals surface area contributed by atoms with E-state index in [9.17, 15) is 0 Å². The van der Waals surface area contributed by atoms with E-state index in [2.05, 4.69) is 158 Å². The molecule has 1 nitrogen and oxygen atoms in total. The highest BCUT2D eigenvalue weighted by Crippen LogP contribution is 2.44. The van der Waals surface area contributed by atoms with Crippen LogP contribution in [0.1, 0.15) is 5.56 Å². The van der Waals surface area contributed by atoms with Crippen LogP contribution in [0.25, 0.3) is 77.0 Å². The van der Waals surface area contributed by atoms with Crippen LogP contribution in [0.5, 0.6) is 0 Å². The summed E-state index contributed by atoms with van der Waals surface area (Å²) in [4.78, 5) is 4.65. The molecule has 0 saturated heterocycles. The second kappa shape index (κ2) is 10.4. The van der Waals surface area contributed by atoms with Gasteiger partial charge in [0.25, 0.3) is 0 Å². The molecule has 0 aliphatic heterocycles. The smallest absolute Gasteiger partial charge is 0.0731 e. The summed E-state index contributed by atoms with van der Waals surface area (Å²) in [5, 5.41) is 7.56. The lowest BCUT2D eigenvalue weighted by atomic mass is 9.85. The van der Waals surface area contributed by atoms with Gasteiger partial charge in [0.05, 0.1) is 5.69 Å². The highest BCUT2D eigenvalue weighted by Gasteiger charge is 2.16. The molecule has 0 N–H and O–H groups in total. The number of nitrogens with zero attached hydrogens (tertiary/aromatic N) is 1. The van der Waals surface area contributed by atoms with E-state index in [1.165, 1.54) is 71.3 Å². The molecule has 202 valence electrons. The number of hydrogen-bond donors (Lipinski definition) is 0. The third-order valence-corrected chi connectivity index (χ3v) is 8.60. The lowest BCUT2D eigenvalue weighted by Crippen LogP contribution is -1.91. The average molecular weight is 548 g/mol. The fourth-order valence-corrected chi connectivity index (χ4v) is 6.57. The maximum absolute atomic E-state index is 4.65. The van der Waals surface area contributed by atoms with Gasteiger partial charge in [0, 0.05) is 11.8 Å². The van der Waals surface area contributed by atoms with Crippen LogP contribution in [0.3, 0.4) is 0 Å². The predicted octanol–water partition coefficient (Wildman–Crippen LogP) is 11.5. The minimum absolute atomic E-state index is 1.03. The molecule has 1 heterocycles. The summed E-state index contributed by atoms with van der Waals surface area (Å²) in [6.07, 6.45) is 1.87. The Morgan fingerprint density at radius 2 is 0.907 bits per heavy atom. The van der Waals surface area contributed by atoms with E-state index in [4.69, 9.17) is 0 Å². The number of aryl methyl sites for hydroxylation is 1. The Hall–Kier alpha value is -5.53. The van der Waals surface area contributed by atoms with Crippen molar-refractivity contribution < 1.29 is 0 Å². The lowest BCUT2D eigenvalue weighted by molar-refractivity contribution is 1.27. The molecular formula is C42H29N. The summed E-state index contributed by atoms with van der Waals surface area (Å²) in [5.41, 5.74) is 10.8. The fourth-order valence-electron chi connectivity index (χ4n) is 6.57. The number of aromatic nitrogens is 1. The van der Waals surface area contributed by atoms with Gasteiger partial charge in [0.15, 0.2) is 0 Å². The summed E-state index contributed by atoms with van der Waals surface area (Å²) in [6.45, 7) is 2.12. The second-order valence-corrected chi connectivity index (χ2v) is 11.2. The van der Waals surface area contributed by atoms with Gasteiger partial charge in [-0.05, 0) is 102 Å². The quantitative estimate of drug-likeness (QED) is 0.200. The van der Waals surface area contributed by atoms with E-state index < -0.39 is 0 Å². The van der Waals surface area contributed by atoms with Crippen molar-refractivity contribution >= 4 is 32.3 Å². The Labute approximate surface area is 251 Å². The molecule has 0 atom stereocenters. The van der Waals surface area contributed by atoms with E-state index in [1.54, 1.807) is 0 Å². The molecule has 0 saturated carbocycles. The Morgan fingerprint density at radius 1 is 0.372 bits per heavy atom. The van der Waals surface area contributed by atoms with Crippen molar-refractivity contribution in [1.82, 2.24) is 4.98 Å². The Kier molecular flexibility index (Phi) is 6.09. The molecule has 43 heavy (non-hydrogen) atoms. The van der Waals surface area contributed by atoms with Gasteiger partial charge in [0.2, 0.25) is 0 Å². The first-order valence-corrected chi connectivity index (χ1v) is 14.8. The summed E-state index contributed by atoms with van der Waals surface area (Å²) in [6, 6.07) is 55.0. The Balaban J connectivity index is 1.32. The average Bonchev–Trinajstić information content (AvgIpc) is 3.07. The number of fused-ring (bicyclic) bond motifs is 3. The SMILES string of the molecule is Cc1cccnc1-c1cccc(-c2ccc3ccc(-c4c5ccccc5c(-c5ccccc5)c5ccccc45)cc3c2)c1. The third kappa shape index (κ3) is 4.38. The number of rotatable bonds is 4. The summed E-state index contributed by atoms with van der Waals surface area (Å²) < 4.78 is 0. The van der Waals surface area contributed by atoms with Gasteiger partial charge in [-0.2, -0.15) is 0 Å². The van der Waals surface area contributed by atoms with Crippen molar-refractivity contribution in [2.24, 2.45) is 0 Å². The standard InChI is InChI=1S/C42H29N/c1-28-11-10-24-43-42(28)34-15-9-14-31(25-34)32-22-20-29-21-23-33(27-35(29)26-32)41-38-18-7-5-16-36(38)40(30-12-3-2-4-13-30)37-17-6-8-19-39(37)41/h2-27H,1H3. The predicted molar refractivity (Wildman–Crippen MR) is 183 cm³/mol. The summed E-state index contributed by atoms with van der Waals surface area (Å²) >= 11 is 0. The Bertz CT molecular complexity index is 2240. The van der Waals surface area contributed by atoms with E-state index in [-0.39, 0.29) is 0 Å². The summed E-state index contributed by atoms with van der Waals surface area (Å²) in [7, 11) is 0. The van der Waals surface area contributed by atoms with Gasteiger partial charge in [-0.15, -0.1) is 0 Å². The maximum Gasteiger partial charge on any atom is 0.0731 e. The molecule has 8 aromatic rings. The highest BCUT2D eigenvalue weighted by molar-refractivity contribution is 6.21. The van der Waals surface area contributed by atoms with Crippen molar-refractivity contribution in [3.8, 4) is 44.6 Å². The fraction of sp³-hybridized carbons (Fsp3) is 0.0238. The number of pyridine rings is 1. The zero-order chi connectivity index (χ0) is 28.8. The Morgan fingerprint density at radius 3 is 1.58 bits per heavy atom. The van der Waals surface area contributed by atoms with Crippen molar-refractivity contribution in [2.75, 3.05) is 0 Å². The monoisotopic (exact) mass is 547 g/mol. The van der Waals surface area contributed by atoms with E-state index in [0.717, 1.165) is 11.3 Å². The maximum atomic E-state index is 4.65. The third-order valence-electron chi connectivity index (χ3n) is 8.60. The van der Waals surface area contributed by atoms with E-state index in [0.29, 0.717) is 0 Å². The molecule has 0 radical (unpaired) electrons. The van der Waals surface area contributed by atoms with Crippen LogP contribution in [-0.2, 0) is 0 Å². The second-order valence-electron chi connectivity index (χ2n) is 11.2. The van der Waals surface area contributed by atoms with Gasteiger partial charge >= 0.3 is 0 Å². The van der Waals surface area contributed by atoms with Gasteiger partial charge < -0.3 is 0 Å². The molecule has 0 bridgehead atoms. The molecule has 0 spiro atoms. The van der Waals surface area contributed by atoms with Crippen molar-refractivity contribution in [1.29, 1.82) is 0 Å². The molecular weight excluding hydrogens is 518 g/mol. The van der Waals surface area contributed by atoms with Crippen LogP contribution in [0, 0.1) is 6.92 Å². The molecule has 0 fully saturated rings. The van der Waals surface area contributed by atoms with Gasteiger partial charge in [-0.1, -0.05) is 127 Å². The van der Waals surface area contributed by atoms with Crippen molar-refractivity contribution in [2.45, 2.75) is 6.92 Å². The topological polar surface area (TPSA) is 12.9 Å². The minimum Gasteiger partial charge on any atom is -0.256 e. The molecule has 1 aromatic heterocycles. The number of benzene rings is 7. The summed E-state index contributed by atoms with van der Waals surface area (Å²) in [5.74, 6) is 0. The van der Waals surface area contributed by atoms with Crippen LogP contribution in [-0.4, -0.2) is 4.98 Å². The molecule has 8 rings (SSSR count). The van der Waals surface area contributed by atoms with Gasteiger partial charge in [0.1, 0.15) is 0 Å². The van der Waals surface area contributed by atoms with Crippen LogP contribution in [0.15, 0.2) is 158 Å². The van der Waals surface area contributed by atoms with E-state index in [1.807, 2.05) is 12.3 Å². The normalized spacial score (nSPS) is 11.4. The van der Waals surface area contributed by atoms with Crippen molar-refractivity contribution in [3.63, 3.8) is 0 Å². The number of hydrogen-bond acceptors (Lipinski definition) is 1. The van der Waals surface area contributed by atoms with Crippen LogP contribution < -0.4 is 0 Å². The first-order chi connectivity index (χ1) is 21.2. The van der Waals surface area contributed by atoms with Crippen LogP contribution in [0.4, 0.5) is 0 Å². The van der Waals surface area contributed by atoms with Gasteiger partial charge in [-0.3, -0.25) is 4.98 Å². The molecule has 0 aliphatic carbocycles. The zero-order valence-corrected chi connectivity index (χ0v) is 24.0. The molecule has 7 aromatic carbocycles. The largest absolute Gasteiger partial charge is 0.256 e. The van der Waals surface area contributed by atoms with Crippen LogP contribution >= 0.6 is 0 Å². The highest BCUT2D eigenvalue weighted by atomic mass is 14.7. The van der Waals surface area contributed by atoms with Crippen LogP contribution in [0.2, 0.25) is 0 Å². The molecule has 0 amide bonds. The first kappa shape index (κ1) is 25.2. The van der Waals surface area contributed by atoms with Gasteiger partial charge in [-0.25, -0.2) is 0 Å². The molecule has 0 aliphatic rings. The lowest BCUT2D eigenvalue weighted by Gasteiger charge is -2.18. The molecule has 1 heteroatoms.